The Morgan fingerprint density at radius 3 is 1.41 bits per heavy atom. The lowest BCUT2D eigenvalue weighted by Gasteiger charge is -2.37. The van der Waals surface area contributed by atoms with Crippen molar-refractivity contribution in [1.82, 2.24) is 0 Å². The van der Waals surface area contributed by atoms with E-state index in [1.165, 1.54) is 21.1 Å². The third-order valence-corrected chi connectivity index (χ3v) is 14.7. The summed E-state index contributed by atoms with van der Waals surface area (Å²) >= 11 is 0. The van der Waals surface area contributed by atoms with Gasteiger partial charge in [0.15, 0.2) is 54.1 Å². The summed E-state index contributed by atoms with van der Waals surface area (Å²) < 4.78 is 26.5. The summed E-state index contributed by atoms with van der Waals surface area (Å²) in [6, 6.07) is 57.1. The summed E-state index contributed by atoms with van der Waals surface area (Å²) in [6.07, 6.45) is 0. The Morgan fingerprint density at radius 2 is 0.843 bits per heavy atom. The highest BCUT2D eigenvalue weighted by Crippen LogP contribution is 2.51. The second kappa shape index (κ2) is 12.1. The van der Waals surface area contributed by atoms with E-state index in [4.69, 9.17) is 18.9 Å². The van der Waals surface area contributed by atoms with E-state index >= 15 is 0 Å². The number of hydrogen-bond donors (Lipinski definition) is 0. The van der Waals surface area contributed by atoms with Gasteiger partial charge in [-0.25, -0.2) is 0 Å². The second-order valence-corrected chi connectivity index (χ2v) is 17.8. The molecule has 0 unspecified atom stereocenters. The molecular weight excluding hydrogens is 645 g/mol. The molecular formula is C46H36O4Si. The number of hydrogen-bond acceptors (Lipinski definition) is 4. The first-order valence-electron chi connectivity index (χ1n) is 17.3. The molecule has 0 saturated carbocycles. The van der Waals surface area contributed by atoms with Gasteiger partial charge in [-0.2, -0.15) is 0 Å². The number of rotatable bonds is 5. The molecule has 4 nitrogen and oxygen atoms in total. The summed E-state index contributed by atoms with van der Waals surface area (Å²) in [4.78, 5) is 0. The van der Waals surface area contributed by atoms with Crippen LogP contribution < -0.4 is 39.7 Å². The van der Waals surface area contributed by atoms with Crippen LogP contribution in [0.15, 0.2) is 164 Å². The van der Waals surface area contributed by atoms with Gasteiger partial charge in [-0.15, -0.1) is 0 Å². The monoisotopic (exact) mass is 680 g/mol. The quantitative estimate of drug-likeness (QED) is 0.134. The lowest BCUT2D eigenvalue weighted by atomic mass is 9.81. The fourth-order valence-electron chi connectivity index (χ4n) is 7.60. The molecule has 7 aromatic rings. The van der Waals surface area contributed by atoms with Crippen molar-refractivity contribution in [1.29, 1.82) is 0 Å². The predicted octanol–water partition coefficient (Wildman–Crippen LogP) is 9.82. The van der Waals surface area contributed by atoms with Crippen LogP contribution in [-0.2, 0) is 5.41 Å². The zero-order valence-corrected chi connectivity index (χ0v) is 29.7. The summed E-state index contributed by atoms with van der Waals surface area (Å²) in [6.45, 7) is 6.80. The minimum atomic E-state index is -3.12. The second-order valence-electron chi connectivity index (χ2n) is 14.1. The van der Waals surface area contributed by atoms with Gasteiger partial charge in [-0.05, 0) is 68.5 Å². The smallest absolute Gasteiger partial charge is 0.184 e. The topological polar surface area (TPSA) is 36.9 Å². The van der Waals surface area contributed by atoms with Gasteiger partial charge in [0.2, 0.25) is 0 Å². The van der Waals surface area contributed by atoms with Crippen molar-refractivity contribution in [3.63, 3.8) is 0 Å². The summed E-state index contributed by atoms with van der Waals surface area (Å²) in [5.41, 5.74) is 3.15. The van der Waals surface area contributed by atoms with Gasteiger partial charge in [0.25, 0.3) is 0 Å². The number of ether oxygens (including phenoxy) is 4. The molecule has 0 aromatic heterocycles. The van der Waals surface area contributed by atoms with Gasteiger partial charge < -0.3 is 18.9 Å². The molecule has 0 fully saturated rings. The maximum Gasteiger partial charge on any atom is 0.184 e. The zero-order chi connectivity index (χ0) is 34.6. The van der Waals surface area contributed by atoms with Crippen LogP contribution in [0.25, 0.3) is 11.1 Å². The highest BCUT2D eigenvalue weighted by molar-refractivity contribution is 7.20. The molecule has 2 aliphatic heterocycles. The van der Waals surface area contributed by atoms with Gasteiger partial charge in [0.05, 0.1) is 0 Å². The Kier molecular flexibility index (Phi) is 7.33. The molecule has 0 radical (unpaired) electrons. The Labute approximate surface area is 299 Å². The molecule has 0 spiro atoms. The van der Waals surface area contributed by atoms with Gasteiger partial charge in [0.1, 0.15) is 0 Å². The molecule has 0 aliphatic carbocycles. The Balaban J connectivity index is 1.35. The molecule has 51 heavy (non-hydrogen) atoms. The molecule has 2 heterocycles. The molecule has 0 saturated heterocycles. The minimum Gasteiger partial charge on any atom is -0.450 e. The Hall–Kier alpha value is -6.04. The van der Waals surface area contributed by atoms with Crippen LogP contribution in [0.2, 0.25) is 0 Å². The molecule has 0 bridgehead atoms. The SMILES string of the molecule is CC(C)(C)c1ccc([Si](c2ccccc2)(c2ccccc2)c2cccc3c2Oc2ccccc2O3)cc1-c1cccc2c1Oc1ccccc1O2. The molecule has 0 amide bonds. The van der Waals surface area contributed by atoms with Crippen molar-refractivity contribution in [3.8, 4) is 57.1 Å². The first kappa shape index (κ1) is 31.0. The van der Waals surface area contributed by atoms with Crippen LogP contribution >= 0.6 is 0 Å². The standard InChI is InChI=1S/C46H36O4Si/c1-46(2,3)36-29-28-33(30-35(36)34-20-14-25-41-44(34)49-39-23-12-10-21-37(39)47-41)51(31-16-6-4-7-17-31,32-18-8-5-9-19-32)43-27-15-26-42-45(43)50-40-24-13-11-22-38(40)48-42/h4-30H,1-3H3. The molecule has 248 valence electrons. The number of para-hydroxylation sites is 6. The average Bonchev–Trinajstić information content (AvgIpc) is 3.17. The predicted molar refractivity (Wildman–Crippen MR) is 207 cm³/mol. The van der Waals surface area contributed by atoms with Gasteiger partial charge in [-0.3, -0.25) is 0 Å². The lowest BCUT2D eigenvalue weighted by Crippen LogP contribution is -2.75. The van der Waals surface area contributed by atoms with Crippen molar-refractivity contribution in [2.75, 3.05) is 0 Å². The fourth-order valence-corrected chi connectivity index (χ4v) is 12.5. The van der Waals surface area contributed by atoms with E-state index in [1.807, 2.05) is 60.7 Å². The highest BCUT2D eigenvalue weighted by Gasteiger charge is 2.46. The molecule has 2 aliphatic rings. The molecule has 9 rings (SSSR count). The van der Waals surface area contributed by atoms with Gasteiger partial charge in [-0.1, -0.05) is 148 Å². The molecule has 5 heteroatoms. The maximum atomic E-state index is 6.85. The van der Waals surface area contributed by atoms with E-state index in [-0.39, 0.29) is 5.41 Å². The minimum absolute atomic E-state index is 0.166. The summed E-state index contributed by atoms with van der Waals surface area (Å²) in [5.74, 6) is 5.72. The van der Waals surface area contributed by atoms with E-state index in [0.29, 0.717) is 34.5 Å². The van der Waals surface area contributed by atoms with Crippen molar-refractivity contribution in [2.45, 2.75) is 26.2 Å². The van der Waals surface area contributed by atoms with Crippen molar-refractivity contribution < 1.29 is 18.9 Å². The van der Waals surface area contributed by atoms with E-state index < -0.39 is 8.07 Å². The summed E-state index contributed by atoms with van der Waals surface area (Å²) in [7, 11) is -3.12. The zero-order valence-electron chi connectivity index (χ0n) is 28.7. The largest absolute Gasteiger partial charge is 0.450 e. The van der Waals surface area contributed by atoms with Gasteiger partial charge >= 0.3 is 0 Å². The first-order chi connectivity index (χ1) is 24.9. The number of fused-ring (bicyclic) bond motifs is 4. The average molecular weight is 681 g/mol. The van der Waals surface area contributed by atoms with Crippen LogP contribution in [0.1, 0.15) is 26.3 Å². The number of benzene rings is 7. The third-order valence-electron chi connectivity index (χ3n) is 9.89. The van der Waals surface area contributed by atoms with Crippen LogP contribution in [-0.4, -0.2) is 8.07 Å². The van der Waals surface area contributed by atoms with Gasteiger partial charge in [0, 0.05) is 10.8 Å². The van der Waals surface area contributed by atoms with Crippen LogP contribution in [0.5, 0.6) is 46.0 Å². The van der Waals surface area contributed by atoms with Crippen LogP contribution in [0, 0.1) is 0 Å². The fraction of sp³-hybridized carbons (Fsp3) is 0.0870. The van der Waals surface area contributed by atoms with Crippen molar-refractivity contribution in [2.24, 2.45) is 0 Å². The first-order valence-corrected chi connectivity index (χ1v) is 19.3. The van der Waals surface area contributed by atoms with Crippen LogP contribution in [0.3, 0.4) is 0 Å². The molecule has 0 atom stereocenters. The van der Waals surface area contributed by atoms with E-state index in [9.17, 15) is 0 Å². The molecule has 7 aromatic carbocycles. The van der Waals surface area contributed by atoms with E-state index in [0.717, 1.165) is 27.8 Å². The maximum absolute atomic E-state index is 6.85. The van der Waals surface area contributed by atoms with Crippen molar-refractivity contribution in [3.05, 3.63) is 169 Å². The van der Waals surface area contributed by atoms with Crippen molar-refractivity contribution >= 4 is 28.8 Å². The Bertz CT molecular complexity index is 2370. The van der Waals surface area contributed by atoms with E-state index in [1.54, 1.807) is 0 Å². The van der Waals surface area contributed by atoms with E-state index in [2.05, 4.69) is 124 Å². The highest BCUT2D eigenvalue weighted by atomic mass is 28.3. The summed E-state index contributed by atoms with van der Waals surface area (Å²) in [5, 5.41) is 4.81. The third kappa shape index (κ3) is 5.12. The lowest BCUT2D eigenvalue weighted by molar-refractivity contribution is 0.360. The molecule has 0 N–H and O–H groups in total. The Morgan fingerprint density at radius 1 is 0.373 bits per heavy atom. The normalized spacial score (nSPS) is 12.8. The van der Waals surface area contributed by atoms with Crippen LogP contribution in [0.4, 0.5) is 0 Å².